The van der Waals surface area contributed by atoms with Gasteiger partial charge in [0, 0.05) is 32.2 Å². The molecule has 0 aromatic carbocycles. The first-order valence-electron chi connectivity index (χ1n) is 7.01. The summed E-state index contributed by atoms with van der Waals surface area (Å²) in [5.41, 5.74) is -0.220. The Bertz CT molecular complexity index is 820. The predicted molar refractivity (Wildman–Crippen MR) is 75.5 cm³/mol. The molecule has 1 aliphatic rings. The van der Waals surface area contributed by atoms with Gasteiger partial charge in [-0.05, 0) is 19.2 Å². The van der Waals surface area contributed by atoms with E-state index in [1.54, 1.807) is 0 Å². The highest BCUT2D eigenvalue weighted by Gasteiger charge is 2.37. The minimum Gasteiger partial charge on any atom is -0.441 e. The summed E-state index contributed by atoms with van der Waals surface area (Å²) in [5, 5.41) is 2.93. The molecule has 1 aliphatic heterocycles. The van der Waals surface area contributed by atoms with Crippen LogP contribution in [-0.2, 0) is 16.2 Å². The standard InChI is InChI=1S/C13H14F3N3O4S/c1-18-4-6-19(7-5-18)24(20,21)12-3-2-10(22-12)9-8-11(23-17-9)13(14,15)16/h2-3,8H,4-7H2,1H3. The second kappa shape index (κ2) is 5.90. The van der Waals surface area contributed by atoms with Crippen molar-refractivity contribution in [3.8, 4) is 11.5 Å². The molecule has 0 spiro atoms. The fourth-order valence-corrected chi connectivity index (χ4v) is 3.61. The van der Waals surface area contributed by atoms with Crippen molar-refractivity contribution < 1.29 is 30.5 Å². The fraction of sp³-hybridized carbons (Fsp3) is 0.462. The molecule has 11 heteroatoms. The molecule has 24 heavy (non-hydrogen) atoms. The summed E-state index contributed by atoms with van der Waals surface area (Å²) >= 11 is 0. The van der Waals surface area contributed by atoms with Gasteiger partial charge in [0.05, 0.1) is 0 Å². The lowest BCUT2D eigenvalue weighted by Crippen LogP contribution is -2.46. The van der Waals surface area contributed by atoms with Crippen LogP contribution in [0, 0.1) is 0 Å². The molecule has 0 unspecified atom stereocenters. The second-order valence-corrected chi connectivity index (χ2v) is 7.27. The highest BCUT2D eigenvalue weighted by atomic mass is 32.2. The van der Waals surface area contributed by atoms with E-state index in [0.29, 0.717) is 32.2 Å². The van der Waals surface area contributed by atoms with Gasteiger partial charge in [-0.3, -0.25) is 0 Å². The van der Waals surface area contributed by atoms with Crippen LogP contribution >= 0.6 is 0 Å². The maximum atomic E-state index is 12.5. The lowest BCUT2D eigenvalue weighted by Gasteiger charge is -2.30. The van der Waals surface area contributed by atoms with E-state index in [4.69, 9.17) is 4.42 Å². The molecule has 2 aromatic heterocycles. The number of likely N-dealkylation sites (N-methyl/N-ethyl adjacent to an activating group) is 1. The first kappa shape index (κ1) is 17.0. The Morgan fingerprint density at radius 1 is 1.17 bits per heavy atom. The maximum absolute atomic E-state index is 12.5. The van der Waals surface area contributed by atoms with Crippen LogP contribution in [-0.4, -0.2) is 56.0 Å². The summed E-state index contributed by atoms with van der Waals surface area (Å²) in [6.45, 7) is 1.81. The smallest absolute Gasteiger partial charge is 0.441 e. The van der Waals surface area contributed by atoms with Crippen molar-refractivity contribution in [2.45, 2.75) is 11.3 Å². The van der Waals surface area contributed by atoms with Crippen LogP contribution in [0.25, 0.3) is 11.5 Å². The molecular formula is C13H14F3N3O4S. The number of alkyl halides is 3. The van der Waals surface area contributed by atoms with Gasteiger partial charge in [-0.15, -0.1) is 0 Å². The minimum atomic E-state index is -4.67. The summed E-state index contributed by atoms with van der Waals surface area (Å²) in [4.78, 5) is 1.99. The summed E-state index contributed by atoms with van der Waals surface area (Å²) in [6, 6.07) is 3.11. The molecule has 0 radical (unpaired) electrons. The first-order valence-corrected chi connectivity index (χ1v) is 8.45. The third-order valence-electron chi connectivity index (χ3n) is 3.68. The van der Waals surface area contributed by atoms with Crippen molar-refractivity contribution in [1.82, 2.24) is 14.4 Å². The Labute approximate surface area is 135 Å². The van der Waals surface area contributed by atoms with Gasteiger partial charge in [0.15, 0.2) is 5.76 Å². The Morgan fingerprint density at radius 3 is 2.42 bits per heavy atom. The van der Waals surface area contributed by atoms with Gasteiger partial charge in [0.2, 0.25) is 10.9 Å². The van der Waals surface area contributed by atoms with Gasteiger partial charge < -0.3 is 13.8 Å². The molecule has 0 saturated carbocycles. The molecule has 7 nitrogen and oxygen atoms in total. The zero-order valence-electron chi connectivity index (χ0n) is 12.6. The molecule has 132 valence electrons. The van der Waals surface area contributed by atoms with Gasteiger partial charge in [0.25, 0.3) is 10.0 Å². The largest absolute Gasteiger partial charge is 0.452 e. The SMILES string of the molecule is CN1CCN(S(=O)(=O)c2ccc(-c3cc(C(F)(F)F)on3)o2)CC1. The van der Waals surface area contributed by atoms with Gasteiger partial charge in [-0.2, -0.15) is 17.5 Å². The minimum absolute atomic E-state index is 0.109. The summed E-state index contributed by atoms with van der Waals surface area (Å²) in [5.74, 6) is -1.39. The third kappa shape index (κ3) is 3.19. The number of sulfonamides is 1. The molecular weight excluding hydrogens is 351 g/mol. The molecule has 0 amide bonds. The van der Waals surface area contributed by atoms with Crippen molar-refractivity contribution in [2.24, 2.45) is 0 Å². The van der Waals surface area contributed by atoms with E-state index in [2.05, 4.69) is 9.68 Å². The predicted octanol–water partition coefficient (Wildman–Crippen LogP) is 1.89. The lowest BCUT2D eigenvalue weighted by atomic mass is 10.3. The summed E-state index contributed by atoms with van der Waals surface area (Å²) in [6.07, 6.45) is -4.67. The highest BCUT2D eigenvalue weighted by Crippen LogP contribution is 2.33. The van der Waals surface area contributed by atoms with Crippen molar-refractivity contribution in [3.63, 3.8) is 0 Å². The Hall–Kier alpha value is -1.85. The van der Waals surface area contributed by atoms with Crippen LogP contribution in [0.15, 0.2) is 32.2 Å². The van der Waals surface area contributed by atoms with Crippen LogP contribution in [0.4, 0.5) is 13.2 Å². The molecule has 0 N–H and O–H groups in total. The topological polar surface area (TPSA) is 79.8 Å². The van der Waals surface area contributed by atoms with E-state index in [1.807, 2.05) is 11.9 Å². The van der Waals surface area contributed by atoms with E-state index >= 15 is 0 Å². The van der Waals surface area contributed by atoms with E-state index in [0.717, 1.165) is 0 Å². The normalized spacial score (nSPS) is 18.2. The first-order chi connectivity index (χ1) is 11.2. The molecule has 1 saturated heterocycles. The number of rotatable bonds is 3. The van der Waals surface area contributed by atoms with Gasteiger partial charge in [-0.1, -0.05) is 5.16 Å². The van der Waals surface area contributed by atoms with Crippen LogP contribution in [0.2, 0.25) is 0 Å². The molecule has 0 aliphatic carbocycles. The number of hydrogen-bond acceptors (Lipinski definition) is 6. The Morgan fingerprint density at radius 2 is 1.83 bits per heavy atom. The molecule has 0 bridgehead atoms. The molecule has 0 atom stereocenters. The number of piperazine rings is 1. The van der Waals surface area contributed by atoms with Crippen molar-refractivity contribution in [2.75, 3.05) is 33.2 Å². The Kier molecular flexibility index (Phi) is 4.18. The lowest BCUT2D eigenvalue weighted by molar-refractivity contribution is -0.155. The molecule has 3 rings (SSSR count). The zero-order chi connectivity index (χ0) is 17.5. The second-order valence-electron chi connectivity index (χ2n) is 5.40. The quantitative estimate of drug-likeness (QED) is 0.826. The number of nitrogens with zero attached hydrogens (tertiary/aromatic N) is 3. The van der Waals surface area contributed by atoms with Gasteiger partial charge in [0.1, 0.15) is 5.69 Å². The summed E-state index contributed by atoms with van der Waals surface area (Å²) in [7, 11) is -1.95. The number of hydrogen-bond donors (Lipinski definition) is 0. The van der Waals surface area contributed by atoms with Crippen LogP contribution in [0.1, 0.15) is 5.76 Å². The number of furan rings is 1. The van der Waals surface area contributed by atoms with Crippen LogP contribution in [0.5, 0.6) is 0 Å². The average molecular weight is 365 g/mol. The number of halogens is 3. The third-order valence-corrected chi connectivity index (χ3v) is 5.45. The van der Waals surface area contributed by atoms with Gasteiger partial charge in [-0.25, -0.2) is 8.42 Å². The van der Waals surface area contributed by atoms with Gasteiger partial charge >= 0.3 is 6.18 Å². The highest BCUT2D eigenvalue weighted by molar-refractivity contribution is 7.89. The van der Waals surface area contributed by atoms with Crippen LogP contribution < -0.4 is 0 Å². The molecule has 1 fully saturated rings. The van der Waals surface area contributed by atoms with Crippen molar-refractivity contribution in [3.05, 3.63) is 24.0 Å². The van der Waals surface area contributed by atoms with E-state index < -0.39 is 22.0 Å². The number of aromatic nitrogens is 1. The summed E-state index contributed by atoms with van der Waals surface area (Å²) < 4.78 is 73.2. The van der Waals surface area contributed by atoms with E-state index in [1.165, 1.54) is 16.4 Å². The monoisotopic (exact) mass is 365 g/mol. The fourth-order valence-electron chi connectivity index (χ4n) is 2.28. The van der Waals surface area contributed by atoms with Crippen molar-refractivity contribution >= 4 is 10.0 Å². The average Bonchev–Trinajstić information content (AvgIpc) is 3.16. The zero-order valence-corrected chi connectivity index (χ0v) is 13.4. The van der Waals surface area contributed by atoms with Crippen molar-refractivity contribution in [1.29, 1.82) is 0 Å². The van der Waals surface area contributed by atoms with E-state index in [9.17, 15) is 21.6 Å². The van der Waals surface area contributed by atoms with E-state index in [-0.39, 0.29) is 16.5 Å². The Balaban J connectivity index is 1.84. The van der Waals surface area contributed by atoms with Crippen LogP contribution in [0.3, 0.4) is 0 Å². The molecule has 2 aromatic rings. The molecule has 3 heterocycles. The maximum Gasteiger partial charge on any atom is 0.452 e.